The molecule has 6 rings (SSSR count). The standard InChI is InChI=1S/C20H29ClN4.C11H12ClN3.C9H17NO.6CHO.B.2Mn.Na.H/c1-25(2)14-16-5-3-4-15(16)13-22-10-11-24-19-8-9-23-20-12-17(21)6-7-18(19)20;12-8-1-2-9-10(15-6-4-13)3-5-14-11(9)7-8;1-10(2)6-8-4-3-5-9(8)7-11;6*1-2;;;;;/h6-9,12,15-16,22H,3-5,10-11,13-14H2,1-2H3,(H,23,24);1-3,5,7H,4,6,13H2,(H,14,15);7-9H,3-6H2,1-2H3;6*1H;;;;;/q;;;6*-1;;2*+3;+1;-1. The summed E-state index contributed by atoms with van der Waals surface area (Å²) >= 11 is 11.9. The van der Waals surface area contributed by atoms with E-state index in [-0.39, 0.29) is 73.5 Å². The van der Waals surface area contributed by atoms with Gasteiger partial charge in [0.15, 0.2) is 0 Å². The van der Waals surface area contributed by atoms with E-state index in [0.29, 0.717) is 23.4 Å². The molecule has 2 saturated carbocycles. The van der Waals surface area contributed by atoms with Gasteiger partial charge < -0.3 is 66.5 Å². The molecule has 4 aromatic rings. The van der Waals surface area contributed by atoms with Crippen molar-refractivity contribution in [2.24, 2.45) is 29.4 Å². The number of aromatic nitrogens is 2. The van der Waals surface area contributed by atoms with Gasteiger partial charge in [0.05, 0.1) is 11.0 Å². The molecule has 5 N–H and O–H groups in total. The van der Waals surface area contributed by atoms with Crippen LogP contribution in [0.4, 0.5) is 11.4 Å². The van der Waals surface area contributed by atoms with Crippen LogP contribution >= 0.6 is 23.2 Å². The Morgan fingerprint density at radius 1 is 0.642 bits per heavy atom. The maximum Gasteiger partial charge on any atom is 3.00 e. The third-order valence-electron chi connectivity index (χ3n) is 9.80. The molecule has 0 spiro atoms. The number of nitrogens with one attached hydrogen (secondary N) is 3. The number of aldehydes is 1. The molecule has 4 unspecified atom stereocenters. The van der Waals surface area contributed by atoms with Crippen molar-refractivity contribution in [3.05, 3.63) is 71.0 Å². The molecule has 0 saturated heterocycles. The molecule has 0 amide bonds. The molecular formula is C46H65BCl2Mn2N8NaO7. The summed E-state index contributed by atoms with van der Waals surface area (Å²) in [5, 5.41) is 14.0. The molecule has 15 nitrogen and oxygen atoms in total. The summed E-state index contributed by atoms with van der Waals surface area (Å²) in [7, 11) is 8.50. The van der Waals surface area contributed by atoms with E-state index in [1.54, 1.807) is 6.20 Å². The molecule has 0 aliphatic heterocycles. The third-order valence-corrected chi connectivity index (χ3v) is 10.3. The van der Waals surface area contributed by atoms with E-state index in [9.17, 15) is 4.79 Å². The van der Waals surface area contributed by atoms with Crippen LogP contribution in [0.2, 0.25) is 10.0 Å². The maximum atomic E-state index is 10.6. The monoisotopic (exact) mass is 1060 g/mol. The Hall–Kier alpha value is -2.93. The number of fused-ring (bicyclic) bond motifs is 2. The molecular weight excluding hydrogens is 991 g/mol. The minimum absolute atomic E-state index is 0. The Kier molecular flexibility index (Phi) is 61.3. The van der Waals surface area contributed by atoms with Crippen molar-refractivity contribution in [2.45, 2.75) is 38.5 Å². The van der Waals surface area contributed by atoms with E-state index >= 15 is 0 Å². The fourth-order valence-corrected chi connectivity index (χ4v) is 7.70. The number of halogens is 2. The Morgan fingerprint density at radius 2 is 1.04 bits per heavy atom. The van der Waals surface area contributed by atoms with Gasteiger partial charge in [-0.25, -0.2) is 0 Å². The number of benzene rings is 2. The zero-order valence-electron chi connectivity index (χ0n) is 40.1. The number of anilines is 2. The van der Waals surface area contributed by atoms with E-state index in [4.69, 9.17) is 57.7 Å². The summed E-state index contributed by atoms with van der Waals surface area (Å²) < 4.78 is 0. The molecule has 2 aromatic heterocycles. The average Bonchev–Trinajstić information content (AvgIpc) is 3.97. The first kappa shape index (κ1) is 78.3. The Labute approximate surface area is 455 Å². The van der Waals surface area contributed by atoms with E-state index in [1.807, 2.05) is 54.7 Å². The fourth-order valence-electron chi connectivity index (χ4n) is 7.36. The summed E-state index contributed by atoms with van der Waals surface area (Å²) in [4.78, 5) is 70.2. The van der Waals surface area contributed by atoms with Gasteiger partial charge in [-0.15, -0.1) is 0 Å². The van der Waals surface area contributed by atoms with Gasteiger partial charge in [-0.1, -0.05) is 36.0 Å². The van der Waals surface area contributed by atoms with Crippen LogP contribution < -0.4 is 51.2 Å². The van der Waals surface area contributed by atoms with Crippen molar-refractivity contribution < 1.29 is 98.7 Å². The number of carbonyl (C=O) groups is 1. The molecule has 67 heavy (non-hydrogen) atoms. The topological polar surface area (TPSA) is 214 Å². The van der Waals surface area contributed by atoms with Gasteiger partial charge in [0.1, 0.15) is 6.29 Å². The van der Waals surface area contributed by atoms with Crippen LogP contribution in [-0.2, 0) is 67.7 Å². The molecule has 21 heteroatoms. The van der Waals surface area contributed by atoms with Crippen LogP contribution in [0.1, 0.15) is 40.0 Å². The van der Waals surface area contributed by atoms with Crippen LogP contribution in [-0.4, -0.2) is 149 Å². The van der Waals surface area contributed by atoms with Gasteiger partial charge in [0.25, 0.3) is 0 Å². The molecule has 2 heterocycles. The first-order valence-electron chi connectivity index (χ1n) is 19.8. The van der Waals surface area contributed by atoms with Crippen molar-refractivity contribution in [1.82, 2.24) is 25.1 Å². The van der Waals surface area contributed by atoms with E-state index in [1.165, 1.54) is 38.6 Å². The first-order valence-corrected chi connectivity index (χ1v) is 20.6. The second kappa shape index (κ2) is 52.4. The smallest absolute Gasteiger partial charge is 1.00 e. The number of hydrogen-bond acceptors (Lipinski definition) is 15. The second-order valence-electron chi connectivity index (χ2n) is 14.4. The normalized spacial score (nSPS) is 15.5. The van der Waals surface area contributed by atoms with Gasteiger partial charge in [0.2, 0.25) is 0 Å². The van der Waals surface area contributed by atoms with Gasteiger partial charge in [-0.3, -0.25) is 50.7 Å². The number of nitrogens with zero attached hydrogens (tertiary/aromatic N) is 4. The number of pyridine rings is 2. The first-order chi connectivity index (χ1) is 30.7. The Bertz CT molecular complexity index is 1780. The van der Waals surface area contributed by atoms with Crippen LogP contribution in [0, 0.1) is 23.7 Å². The Morgan fingerprint density at radius 3 is 1.48 bits per heavy atom. The molecule has 2 aliphatic carbocycles. The molecule has 2 aliphatic rings. The zero-order valence-corrected chi connectivity index (χ0v) is 45.0. The van der Waals surface area contributed by atoms with Crippen molar-refractivity contribution in [3.63, 3.8) is 0 Å². The minimum atomic E-state index is 0. The number of carbonyl (C=O) groups excluding carboxylic acids is 7. The molecule has 0 bridgehead atoms. The molecule has 2 fully saturated rings. The molecule has 4 atom stereocenters. The van der Waals surface area contributed by atoms with Gasteiger partial charge in [0, 0.05) is 98.2 Å². The SMILES string of the molecule is CN(C)CC1CCCC1C=O.CN(C)CC1CCCC1CNCCNc1ccnc2cc(Cl)ccc12.NCCNc1ccnc2cc(Cl)ccc12.[B].[CH-]=O.[CH-]=O.[CH-]=O.[CH-]=O.[CH-]=O.[CH-]=O.[H-].[Mn+3].[Mn+3].[Na+]. The van der Waals surface area contributed by atoms with Crippen LogP contribution in [0.5, 0.6) is 0 Å². The van der Waals surface area contributed by atoms with Crippen molar-refractivity contribution in [1.29, 1.82) is 0 Å². The number of rotatable bonds is 14. The van der Waals surface area contributed by atoms with Gasteiger partial charge >= 0.3 is 63.7 Å². The van der Waals surface area contributed by atoms with Gasteiger partial charge in [-0.05, 0) is 127 Å². The quantitative estimate of drug-likeness (QED) is 0.0618. The molecule has 3 radical (unpaired) electrons. The summed E-state index contributed by atoms with van der Waals surface area (Å²) in [5.41, 5.74) is 9.44. The third kappa shape index (κ3) is 32.5. The van der Waals surface area contributed by atoms with Crippen LogP contribution in [0.3, 0.4) is 0 Å². The minimum Gasteiger partial charge on any atom is -1.00 e. The second-order valence-corrected chi connectivity index (χ2v) is 15.2. The average molecular weight is 1060 g/mol. The van der Waals surface area contributed by atoms with Crippen LogP contribution in [0.25, 0.3) is 21.8 Å². The Balaban J connectivity index is -0.000000121. The summed E-state index contributed by atoms with van der Waals surface area (Å²) in [6, 6.07) is 15.5. The predicted molar refractivity (Wildman–Crippen MR) is 265 cm³/mol. The maximum absolute atomic E-state index is 10.6. The predicted octanol–water partition coefficient (Wildman–Crippen LogP) is 2.38. The number of hydrogen-bond donors (Lipinski definition) is 4. The summed E-state index contributed by atoms with van der Waals surface area (Å²) in [5.74, 6) is 2.65. The van der Waals surface area contributed by atoms with E-state index in [2.05, 4.69) is 105 Å². The van der Waals surface area contributed by atoms with Gasteiger partial charge in [-0.2, -0.15) is 0 Å². The van der Waals surface area contributed by atoms with E-state index in [0.717, 1.165) is 95.5 Å². The summed E-state index contributed by atoms with van der Waals surface area (Å²) in [6.45, 7) is 26.2. The van der Waals surface area contributed by atoms with Crippen molar-refractivity contribution in [3.8, 4) is 0 Å². The van der Waals surface area contributed by atoms with Crippen LogP contribution in [0.15, 0.2) is 60.9 Å². The van der Waals surface area contributed by atoms with E-state index < -0.39 is 0 Å². The molecule has 363 valence electrons. The van der Waals surface area contributed by atoms with Crippen molar-refractivity contribution >= 4 is 112 Å². The largest absolute Gasteiger partial charge is 3.00 e. The van der Waals surface area contributed by atoms with Crippen molar-refractivity contribution in [2.75, 3.05) is 84.6 Å². The molecule has 2 aromatic carbocycles. The zero-order chi connectivity index (χ0) is 48.6. The summed E-state index contributed by atoms with van der Waals surface area (Å²) in [6.07, 6.45) is 12.5. The fraction of sp³-hybridized carbons (Fsp3) is 0.457. The number of nitrogens with two attached hydrogens (primary N) is 1.